The van der Waals surface area contributed by atoms with Gasteiger partial charge in [0.15, 0.2) is 5.76 Å². The number of fused-ring (bicyclic) bond motifs is 1. The van der Waals surface area contributed by atoms with Crippen LogP contribution in [0.2, 0.25) is 0 Å². The number of furan rings is 1. The van der Waals surface area contributed by atoms with E-state index in [9.17, 15) is 0 Å². The molecule has 36 heavy (non-hydrogen) atoms. The number of benzene rings is 1. The maximum atomic E-state index is 5.87. The molecule has 0 amide bonds. The minimum atomic E-state index is -0.230. The van der Waals surface area contributed by atoms with Crippen molar-refractivity contribution in [3.63, 3.8) is 0 Å². The van der Waals surface area contributed by atoms with Crippen LogP contribution in [0.25, 0.3) is 22.9 Å². The van der Waals surface area contributed by atoms with Crippen LogP contribution in [-0.2, 0) is 4.74 Å². The molecule has 186 valence electrons. The standard InChI is InChI=1S/C25H26N6O4S/c1-16-11-12-20(35-16)24-27-28-25(31(24)23-18(32-2)8-7-9-19(23)33-3)29-36-15-21(34-4)17-14-30-13-6-5-10-22(30)26-17/h5-14,21H,15H2,1-4H3,(H,28,29). The van der Waals surface area contributed by atoms with Crippen LogP contribution in [-0.4, -0.2) is 51.2 Å². The summed E-state index contributed by atoms with van der Waals surface area (Å²) in [7, 11) is 4.90. The zero-order valence-corrected chi connectivity index (χ0v) is 21.2. The minimum absolute atomic E-state index is 0.230. The van der Waals surface area contributed by atoms with E-state index in [0.29, 0.717) is 40.5 Å². The lowest BCUT2D eigenvalue weighted by Crippen LogP contribution is -2.09. The highest BCUT2D eigenvalue weighted by Gasteiger charge is 2.24. The van der Waals surface area contributed by atoms with Gasteiger partial charge in [0.25, 0.3) is 0 Å². The summed E-state index contributed by atoms with van der Waals surface area (Å²) >= 11 is 1.43. The molecule has 1 N–H and O–H groups in total. The lowest BCUT2D eigenvalue weighted by Gasteiger charge is -2.17. The summed E-state index contributed by atoms with van der Waals surface area (Å²) in [5.74, 6) is 4.12. The average molecular weight is 507 g/mol. The van der Waals surface area contributed by atoms with E-state index in [2.05, 4.69) is 19.9 Å². The molecule has 0 aliphatic carbocycles. The molecule has 0 bridgehead atoms. The Morgan fingerprint density at radius 2 is 1.81 bits per heavy atom. The minimum Gasteiger partial charge on any atom is -0.494 e. The number of rotatable bonds is 10. The maximum absolute atomic E-state index is 5.87. The first-order chi connectivity index (χ1) is 17.6. The lowest BCUT2D eigenvalue weighted by molar-refractivity contribution is 0.120. The topological polar surface area (TPSA) is 101 Å². The Kier molecular flexibility index (Phi) is 6.83. The molecule has 0 fully saturated rings. The molecule has 11 heteroatoms. The summed E-state index contributed by atoms with van der Waals surface area (Å²) in [6.07, 6.45) is 3.71. The molecule has 5 rings (SSSR count). The Morgan fingerprint density at radius 3 is 2.47 bits per heavy atom. The molecule has 10 nitrogen and oxygen atoms in total. The number of hydrogen-bond donors (Lipinski definition) is 1. The zero-order valence-electron chi connectivity index (χ0n) is 20.3. The fourth-order valence-corrected chi connectivity index (χ4v) is 4.70. The first kappa shape index (κ1) is 23.8. The highest BCUT2D eigenvalue weighted by atomic mass is 32.2. The average Bonchev–Trinajstić information content (AvgIpc) is 3.63. The van der Waals surface area contributed by atoms with Gasteiger partial charge in [-0.2, -0.15) is 0 Å². The fraction of sp³-hybridized carbons (Fsp3) is 0.240. The van der Waals surface area contributed by atoms with E-state index in [-0.39, 0.29) is 6.10 Å². The molecule has 0 saturated carbocycles. The third-order valence-corrected chi connectivity index (χ3v) is 6.44. The van der Waals surface area contributed by atoms with Gasteiger partial charge in [-0.05, 0) is 55.3 Å². The van der Waals surface area contributed by atoms with Crippen LogP contribution < -0.4 is 14.2 Å². The van der Waals surface area contributed by atoms with Crippen LogP contribution in [0.1, 0.15) is 17.6 Å². The fourth-order valence-electron chi connectivity index (χ4n) is 3.89. The van der Waals surface area contributed by atoms with Crippen molar-refractivity contribution < 1.29 is 18.6 Å². The van der Waals surface area contributed by atoms with Crippen LogP contribution in [0.4, 0.5) is 5.95 Å². The SMILES string of the molecule is COc1cccc(OC)c1-n1c(NSCC(OC)c2cn3ccccc3n2)nnc1-c1ccc(C)o1. The second kappa shape index (κ2) is 10.3. The van der Waals surface area contributed by atoms with E-state index in [1.165, 1.54) is 11.9 Å². The second-order valence-electron chi connectivity index (χ2n) is 7.87. The Hall–Kier alpha value is -3.96. The number of nitrogens with one attached hydrogen (secondary N) is 1. The molecule has 1 aromatic carbocycles. The van der Waals surface area contributed by atoms with Crippen molar-refractivity contribution >= 4 is 23.5 Å². The monoisotopic (exact) mass is 506 g/mol. The molecule has 1 unspecified atom stereocenters. The van der Waals surface area contributed by atoms with Gasteiger partial charge < -0.3 is 23.0 Å². The van der Waals surface area contributed by atoms with E-state index in [1.54, 1.807) is 21.3 Å². The highest BCUT2D eigenvalue weighted by Crippen LogP contribution is 2.38. The van der Waals surface area contributed by atoms with Crippen molar-refractivity contribution in [2.24, 2.45) is 0 Å². The predicted molar refractivity (Wildman–Crippen MR) is 138 cm³/mol. The quantitative estimate of drug-likeness (QED) is 0.264. The number of anilines is 1. The van der Waals surface area contributed by atoms with Crippen LogP contribution in [0.15, 0.2) is 65.3 Å². The van der Waals surface area contributed by atoms with Gasteiger partial charge in [-0.1, -0.05) is 12.1 Å². The summed E-state index contributed by atoms with van der Waals surface area (Å²) in [5, 5.41) is 8.83. The lowest BCUT2D eigenvalue weighted by atomic mass is 10.2. The molecule has 1 atom stereocenters. The summed E-state index contributed by atoms with van der Waals surface area (Å²) < 4.78 is 30.0. The molecular formula is C25H26N6O4S. The van der Waals surface area contributed by atoms with Crippen LogP contribution in [0.3, 0.4) is 0 Å². The van der Waals surface area contributed by atoms with E-state index in [1.807, 2.05) is 76.8 Å². The van der Waals surface area contributed by atoms with E-state index < -0.39 is 0 Å². The van der Waals surface area contributed by atoms with Crippen molar-refractivity contribution in [1.82, 2.24) is 24.1 Å². The highest BCUT2D eigenvalue weighted by molar-refractivity contribution is 8.00. The first-order valence-electron chi connectivity index (χ1n) is 11.2. The molecule has 0 radical (unpaired) electrons. The number of pyridine rings is 1. The number of ether oxygens (including phenoxy) is 3. The van der Waals surface area contributed by atoms with Gasteiger partial charge >= 0.3 is 0 Å². The van der Waals surface area contributed by atoms with E-state index in [4.69, 9.17) is 18.6 Å². The van der Waals surface area contributed by atoms with Gasteiger partial charge in [0.1, 0.15) is 34.7 Å². The normalized spacial score (nSPS) is 12.1. The van der Waals surface area contributed by atoms with Crippen LogP contribution >= 0.6 is 11.9 Å². The smallest absolute Gasteiger partial charge is 0.239 e. The zero-order chi connectivity index (χ0) is 25.1. The Balaban J connectivity index is 1.46. The number of hydrogen-bond acceptors (Lipinski definition) is 9. The Labute approximate surface area is 212 Å². The van der Waals surface area contributed by atoms with E-state index >= 15 is 0 Å². The van der Waals surface area contributed by atoms with Gasteiger partial charge in [0, 0.05) is 25.3 Å². The van der Waals surface area contributed by atoms with Crippen molar-refractivity contribution in [3.8, 4) is 28.8 Å². The van der Waals surface area contributed by atoms with Gasteiger partial charge in [0.2, 0.25) is 11.8 Å². The molecule has 0 spiro atoms. The molecule has 0 aliphatic heterocycles. The molecule has 4 aromatic heterocycles. The third-order valence-electron chi connectivity index (χ3n) is 5.64. The predicted octanol–water partition coefficient (Wildman–Crippen LogP) is 4.95. The second-order valence-corrected chi connectivity index (χ2v) is 8.70. The van der Waals surface area contributed by atoms with Gasteiger partial charge in [0.05, 0.1) is 19.9 Å². The Morgan fingerprint density at radius 1 is 1.00 bits per heavy atom. The number of para-hydroxylation sites is 1. The number of methoxy groups -OCH3 is 3. The van der Waals surface area contributed by atoms with E-state index in [0.717, 1.165) is 17.1 Å². The number of aromatic nitrogens is 5. The van der Waals surface area contributed by atoms with Crippen molar-refractivity contribution in [2.75, 3.05) is 31.8 Å². The third kappa shape index (κ3) is 4.50. The van der Waals surface area contributed by atoms with Crippen molar-refractivity contribution in [1.29, 1.82) is 0 Å². The summed E-state index contributed by atoms with van der Waals surface area (Å²) in [6.45, 7) is 1.88. The van der Waals surface area contributed by atoms with Crippen molar-refractivity contribution in [3.05, 3.63) is 72.4 Å². The number of nitrogens with zero attached hydrogens (tertiary/aromatic N) is 5. The van der Waals surface area contributed by atoms with Crippen molar-refractivity contribution in [2.45, 2.75) is 13.0 Å². The number of imidazole rings is 1. The summed E-state index contributed by atoms with van der Waals surface area (Å²) in [6, 6.07) is 15.2. The maximum Gasteiger partial charge on any atom is 0.239 e. The molecular weight excluding hydrogens is 480 g/mol. The summed E-state index contributed by atoms with van der Waals surface area (Å²) in [4.78, 5) is 4.68. The van der Waals surface area contributed by atoms with Crippen LogP contribution in [0.5, 0.6) is 11.5 Å². The molecule has 4 heterocycles. The first-order valence-corrected chi connectivity index (χ1v) is 12.2. The van der Waals surface area contributed by atoms with Crippen LogP contribution in [0, 0.1) is 6.92 Å². The number of aryl methyl sites for hydroxylation is 1. The Bertz CT molecular complexity index is 1420. The largest absolute Gasteiger partial charge is 0.494 e. The van der Waals surface area contributed by atoms with Gasteiger partial charge in [-0.3, -0.25) is 9.29 Å². The van der Waals surface area contributed by atoms with Gasteiger partial charge in [-0.25, -0.2) is 4.98 Å². The summed E-state index contributed by atoms with van der Waals surface area (Å²) in [5.41, 5.74) is 2.37. The molecule has 0 aliphatic rings. The molecule has 5 aromatic rings. The molecule has 0 saturated heterocycles. The van der Waals surface area contributed by atoms with Gasteiger partial charge in [-0.15, -0.1) is 10.2 Å².